The Balaban J connectivity index is 0.00000194. The number of aliphatic imine (C=N–C) groups is 1. The van der Waals surface area contributed by atoms with E-state index in [-0.39, 0.29) is 5.56 Å². The normalized spacial score (nSPS) is 11.2. The predicted molar refractivity (Wildman–Crippen MR) is 120 cm³/mol. The van der Waals surface area contributed by atoms with Crippen LogP contribution in [0.3, 0.4) is 0 Å². The Bertz CT molecular complexity index is 1040. The number of nitrogens with one attached hydrogen (secondary N) is 1. The first kappa shape index (κ1) is 29.3. The van der Waals surface area contributed by atoms with Gasteiger partial charge in [-0.15, -0.1) is 0 Å². The van der Waals surface area contributed by atoms with E-state index in [0.717, 1.165) is 5.01 Å². The molecule has 0 bridgehead atoms. The summed E-state index contributed by atoms with van der Waals surface area (Å²) in [6, 6.07) is 4.39. The molecule has 13 heteroatoms. The molecule has 2 aromatic rings. The van der Waals surface area contributed by atoms with Crippen LogP contribution in [0.4, 0.5) is 32.0 Å². The van der Waals surface area contributed by atoms with E-state index in [1.165, 1.54) is 20.3 Å². The first-order valence-electron chi connectivity index (χ1n) is 9.72. The molecular weight excluding hydrogens is 482 g/mol. The smallest absolute Gasteiger partial charge is 0.438 e. The Morgan fingerprint density at radius 2 is 1.60 bits per heavy atom. The lowest BCUT2D eigenvalue weighted by Gasteiger charge is -2.23. The second-order valence-corrected chi connectivity index (χ2v) is 6.81. The second kappa shape index (κ2) is 13.2. The van der Waals surface area contributed by atoms with Crippen molar-refractivity contribution in [3.05, 3.63) is 52.8 Å². The Morgan fingerprint density at radius 1 is 1.09 bits per heavy atom. The number of ether oxygens (including phenoxy) is 2. The summed E-state index contributed by atoms with van der Waals surface area (Å²) < 4.78 is 89.6. The van der Waals surface area contributed by atoms with E-state index in [9.17, 15) is 31.1 Å². The number of aryl methyl sites for hydroxylation is 1. The zero-order valence-electron chi connectivity index (χ0n) is 19.3. The standard InChI is InChI=1S/C20H19F6N3O3.C2H5N/c1-11-4-16(31-2)17(32-3)7-15(11)27-10-29(28-18(9-30)20(24,25)26)8-12-5-13(21)19(23)14(22)6-12;1-3-2/h4-7,9,27H,8,10H2,1-3H3;1H2,2H3/b28-18+;. The van der Waals surface area contributed by atoms with Gasteiger partial charge in [0.05, 0.1) is 20.8 Å². The molecular formula is C22H24F6N4O3. The third-order valence-electron chi connectivity index (χ3n) is 4.24. The minimum atomic E-state index is -5.06. The van der Waals surface area contributed by atoms with Crippen LogP contribution in [0.2, 0.25) is 0 Å². The van der Waals surface area contributed by atoms with Gasteiger partial charge >= 0.3 is 6.18 Å². The number of hydrazone groups is 1. The van der Waals surface area contributed by atoms with E-state index < -0.39 is 48.8 Å². The van der Waals surface area contributed by atoms with Crippen molar-refractivity contribution in [1.29, 1.82) is 0 Å². The van der Waals surface area contributed by atoms with E-state index >= 15 is 0 Å². The lowest BCUT2D eigenvalue weighted by molar-refractivity contribution is -0.107. The number of hydrogen-bond acceptors (Lipinski definition) is 7. The molecule has 2 aromatic carbocycles. The van der Waals surface area contributed by atoms with Crippen molar-refractivity contribution in [3.63, 3.8) is 0 Å². The van der Waals surface area contributed by atoms with Gasteiger partial charge in [-0.25, -0.2) is 13.2 Å². The zero-order chi connectivity index (χ0) is 26.8. The van der Waals surface area contributed by atoms with Crippen molar-refractivity contribution in [2.45, 2.75) is 19.6 Å². The third-order valence-corrected chi connectivity index (χ3v) is 4.24. The highest BCUT2D eigenvalue weighted by molar-refractivity contribution is 6.30. The number of rotatable bonds is 9. The summed E-state index contributed by atoms with van der Waals surface area (Å²) in [6.45, 7) is 3.82. The molecule has 192 valence electrons. The number of anilines is 1. The SMILES string of the molecule is C=NC.COc1cc(C)c(NCN(Cc2cc(F)c(F)c(F)c2)/N=C(\C=O)C(F)(F)F)cc1OC. The molecule has 0 heterocycles. The first-order valence-corrected chi connectivity index (χ1v) is 9.72. The van der Waals surface area contributed by atoms with Crippen LogP contribution in [0.25, 0.3) is 0 Å². The maximum Gasteiger partial charge on any atom is 0.438 e. The molecule has 0 atom stereocenters. The second-order valence-electron chi connectivity index (χ2n) is 6.81. The summed E-state index contributed by atoms with van der Waals surface area (Å²) in [5.74, 6) is -3.99. The van der Waals surface area contributed by atoms with Crippen LogP contribution in [-0.4, -0.2) is 57.8 Å². The van der Waals surface area contributed by atoms with E-state index in [2.05, 4.69) is 22.1 Å². The lowest BCUT2D eigenvalue weighted by atomic mass is 10.1. The van der Waals surface area contributed by atoms with Crippen LogP contribution in [0.1, 0.15) is 11.1 Å². The molecule has 0 aliphatic heterocycles. The Hall–Kier alpha value is -3.77. The van der Waals surface area contributed by atoms with Crippen molar-refractivity contribution in [3.8, 4) is 11.5 Å². The molecule has 0 fully saturated rings. The van der Waals surface area contributed by atoms with Gasteiger partial charge in [0.15, 0.2) is 35.2 Å². The van der Waals surface area contributed by atoms with Crippen LogP contribution < -0.4 is 14.8 Å². The molecule has 1 N–H and O–H groups in total. The number of alkyl halides is 3. The number of halogens is 6. The van der Waals surface area contributed by atoms with Crippen LogP contribution in [0, 0.1) is 24.4 Å². The van der Waals surface area contributed by atoms with Gasteiger partial charge < -0.3 is 19.8 Å². The lowest BCUT2D eigenvalue weighted by Crippen LogP contribution is -2.31. The van der Waals surface area contributed by atoms with Crippen molar-refractivity contribution < 1.29 is 40.6 Å². The van der Waals surface area contributed by atoms with Crippen LogP contribution in [-0.2, 0) is 11.3 Å². The molecule has 35 heavy (non-hydrogen) atoms. The van der Waals surface area contributed by atoms with Crippen LogP contribution in [0.15, 0.2) is 34.4 Å². The fourth-order valence-corrected chi connectivity index (χ4v) is 2.68. The summed E-state index contributed by atoms with van der Waals surface area (Å²) in [4.78, 5) is 14.1. The summed E-state index contributed by atoms with van der Waals surface area (Å²) in [5.41, 5.74) is -0.898. The largest absolute Gasteiger partial charge is 0.493 e. The van der Waals surface area contributed by atoms with Crippen LogP contribution in [0.5, 0.6) is 11.5 Å². The Kier molecular flexibility index (Phi) is 11.0. The van der Waals surface area contributed by atoms with Gasteiger partial charge in [-0.2, -0.15) is 18.3 Å². The highest BCUT2D eigenvalue weighted by Crippen LogP contribution is 2.33. The number of aldehydes is 1. The fraction of sp³-hybridized carbons (Fsp3) is 0.318. The summed E-state index contributed by atoms with van der Waals surface area (Å²) >= 11 is 0. The van der Waals surface area contributed by atoms with Crippen molar-refractivity contribution in [2.24, 2.45) is 10.1 Å². The minimum Gasteiger partial charge on any atom is -0.493 e. The molecule has 0 aromatic heterocycles. The van der Waals surface area contributed by atoms with Crippen molar-refractivity contribution in [1.82, 2.24) is 5.01 Å². The topological polar surface area (TPSA) is 75.5 Å². The maximum atomic E-state index is 13.5. The average Bonchev–Trinajstić information content (AvgIpc) is 2.79. The van der Waals surface area contributed by atoms with Crippen molar-refractivity contribution >= 4 is 24.4 Å². The summed E-state index contributed by atoms with van der Waals surface area (Å²) in [5, 5.41) is 6.80. The number of carbonyl (C=O) groups is 1. The van der Waals surface area contributed by atoms with Crippen LogP contribution >= 0.6 is 0 Å². The number of hydrogen-bond donors (Lipinski definition) is 1. The van der Waals surface area contributed by atoms with E-state index in [1.54, 1.807) is 20.0 Å². The van der Waals surface area contributed by atoms with E-state index in [1.807, 2.05) is 0 Å². The molecule has 0 saturated heterocycles. The van der Waals surface area contributed by atoms with Gasteiger partial charge in [0.2, 0.25) is 5.71 Å². The molecule has 0 unspecified atom stereocenters. The van der Waals surface area contributed by atoms with Gasteiger partial charge in [0.25, 0.3) is 0 Å². The van der Waals surface area contributed by atoms with E-state index in [0.29, 0.717) is 34.9 Å². The van der Waals surface area contributed by atoms with Gasteiger partial charge in [0, 0.05) is 18.8 Å². The Labute approximate surface area is 198 Å². The summed E-state index contributed by atoms with van der Waals surface area (Å²) in [6.07, 6.45) is -5.54. The molecule has 0 radical (unpaired) electrons. The number of methoxy groups -OCH3 is 2. The fourth-order valence-electron chi connectivity index (χ4n) is 2.68. The monoisotopic (exact) mass is 506 g/mol. The number of benzene rings is 2. The molecule has 2 rings (SSSR count). The predicted octanol–water partition coefficient (Wildman–Crippen LogP) is 4.74. The molecule has 0 aliphatic rings. The van der Waals surface area contributed by atoms with Crippen molar-refractivity contribution in [2.75, 3.05) is 33.3 Å². The highest BCUT2D eigenvalue weighted by atomic mass is 19.4. The summed E-state index contributed by atoms with van der Waals surface area (Å²) in [7, 11) is 4.46. The van der Waals surface area contributed by atoms with Gasteiger partial charge in [0.1, 0.15) is 6.67 Å². The zero-order valence-corrected chi connectivity index (χ0v) is 19.3. The molecule has 0 amide bonds. The van der Waals surface area contributed by atoms with Gasteiger partial charge in [-0.1, -0.05) is 0 Å². The third kappa shape index (κ3) is 8.50. The highest BCUT2D eigenvalue weighted by Gasteiger charge is 2.36. The quantitative estimate of drug-likeness (QED) is 0.133. The number of nitrogens with zero attached hydrogens (tertiary/aromatic N) is 3. The first-order chi connectivity index (χ1) is 16.4. The average molecular weight is 506 g/mol. The molecule has 0 aliphatic carbocycles. The number of carbonyl (C=O) groups excluding carboxylic acids is 1. The van der Waals surface area contributed by atoms with Gasteiger partial charge in [-0.3, -0.25) is 9.80 Å². The van der Waals surface area contributed by atoms with Gasteiger partial charge in [-0.05, 0) is 43.0 Å². The maximum absolute atomic E-state index is 13.5. The molecule has 7 nitrogen and oxygen atoms in total. The Morgan fingerprint density at radius 3 is 2.06 bits per heavy atom. The molecule has 0 spiro atoms. The minimum absolute atomic E-state index is 0.205. The van der Waals surface area contributed by atoms with E-state index in [4.69, 9.17) is 9.47 Å². The molecule has 0 saturated carbocycles.